The molecule has 1 aliphatic heterocycles. The first-order valence-electron chi connectivity index (χ1n) is 11.3. The molecule has 2 aromatic carbocycles. The number of aryl methyl sites for hydroxylation is 2. The zero-order chi connectivity index (χ0) is 24.5. The second-order valence-electron chi connectivity index (χ2n) is 8.98. The number of sulfone groups is 1. The Hall–Kier alpha value is -3.33. The number of hydrogen-bond donors (Lipinski definition) is 3. The second-order valence-corrected chi connectivity index (χ2v) is 11.3. The molecule has 1 fully saturated rings. The number of rotatable bonds is 7. The van der Waals surface area contributed by atoms with Crippen molar-refractivity contribution in [2.24, 2.45) is 5.73 Å². The molecular weight excluding hydrogens is 450 g/mol. The number of aromatic nitrogens is 2. The summed E-state index contributed by atoms with van der Waals surface area (Å²) in [5, 5.41) is 10.5. The number of nitrogens with one attached hydrogen (secondary N) is 2. The average molecular weight is 482 g/mol. The van der Waals surface area contributed by atoms with Crippen LogP contribution in [0.1, 0.15) is 43.9 Å². The van der Waals surface area contributed by atoms with E-state index in [0.29, 0.717) is 43.1 Å². The number of anilines is 2. The van der Waals surface area contributed by atoms with Crippen LogP contribution in [-0.2, 0) is 22.8 Å². The molecule has 4 N–H and O–H groups in total. The normalized spacial score (nSPS) is 15.3. The molecule has 9 heteroatoms. The standard InChI is InChI=1S/C25H31N5O3S/c1-16-12-20(13-17(2)18(16)3)15-27-25-23(24(26)31)22(28-29-25)14-19-4-6-21(7-5-19)30-8-10-34(32,33)11-9-30/h4-7,12-13H,8-11,14-15H2,1-3H3,(H2,26,31)(H2,27,28,29). The SMILES string of the molecule is Cc1cc(CNc2n[nH]c(Cc3ccc(N4CCS(=O)(=O)CC4)cc3)c2C(N)=O)cc(C)c1C. The van der Waals surface area contributed by atoms with Crippen molar-refractivity contribution in [2.45, 2.75) is 33.7 Å². The molecule has 1 saturated heterocycles. The van der Waals surface area contributed by atoms with Crippen LogP contribution in [0.5, 0.6) is 0 Å². The maximum atomic E-state index is 12.2. The van der Waals surface area contributed by atoms with Crippen LogP contribution in [0, 0.1) is 20.8 Å². The number of nitrogens with zero attached hydrogens (tertiary/aromatic N) is 2. The summed E-state index contributed by atoms with van der Waals surface area (Å²) in [6, 6.07) is 12.2. The third-order valence-corrected chi connectivity index (χ3v) is 8.17. The largest absolute Gasteiger partial charge is 0.369 e. The zero-order valence-corrected chi connectivity index (χ0v) is 20.6. The van der Waals surface area contributed by atoms with Gasteiger partial charge in [-0.3, -0.25) is 9.89 Å². The van der Waals surface area contributed by atoms with Crippen molar-refractivity contribution in [3.63, 3.8) is 0 Å². The van der Waals surface area contributed by atoms with Crippen molar-refractivity contribution in [3.8, 4) is 0 Å². The lowest BCUT2D eigenvalue weighted by molar-refractivity contribution is 0.100. The Balaban J connectivity index is 1.46. The Bertz CT molecular complexity index is 1280. The summed E-state index contributed by atoms with van der Waals surface area (Å²) in [5.74, 6) is 0.281. The summed E-state index contributed by atoms with van der Waals surface area (Å²) in [5.41, 5.74) is 13.6. The van der Waals surface area contributed by atoms with E-state index in [1.165, 1.54) is 16.7 Å². The third kappa shape index (κ3) is 5.25. The van der Waals surface area contributed by atoms with Gasteiger partial charge in [-0.1, -0.05) is 24.3 Å². The Morgan fingerprint density at radius 2 is 1.68 bits per heavy atom. The minimum Gasteiger partial charge on any atom is -0.369 e. The summed E-state index contributed by atoms with van der Waals surface area (Å²) >= 11 is 0. The van der Waals surface area contributed by atoms with Gasteiger partial charge in [0.05, 0.1) is 17.2 Å². The fourth-order valence-corrected chi connectivity index (χ4v) is 5.51. The van der Waals surface area contributed by atoms with Crippen molar-refractivity contribution >= 4 is 27.2 Å². The summed E-state index contributed by atoms with van der Waals surface area (Å²) in [6.45, 7) is 7.83. The molecule has 0 unspecified atom stereocenters. The van der Waals surface area contributed by atoms with Gasteiger partial charge in [-0.2, -0.15) is 5.10 Å². The Morgan fingerprint density at radius 3 is 2.26 bits per heavy atom. The molecule has 1 amide bonds. The molecule has 0 spiro atoms. The summed E-state index contributed by atoms with van der Waals surface area (Å²) < 4.78 is 23.3. The monoisotopic (exact) mass is 481 g/mol. The molecule has 8 nitrogen and oxygen atoms in total. The van der Waals surface area contributed by atoms with Crippen molar-refractivity contribution in [3.05, 3.63) is 75.5 Å². The third-order valence-electron chi connectivity index (χ3n) is 6.56. The first-order chi connectivity index (χ1) is 16.1. The van der Waals surface area contributed by atoms with E-state index in [1.807, 2.05) is 24.3 Å². The van der Waals surface area contributed by atoms with Crippen LogP contribution in [-0.4, -0.2) is 49.1 Å². The van der Waals surface area contributed by atoms with E-state index in [0.717, 1.165) is 16.8 Å². The summed E-state index contributed by atoms with van der Waals surface area (Å²) in [6.07, 6.45) is 0.477. The Kier molecular flexibility index (Phi) is 6.65. The molecule has 34 heavy (non-hydrogen) atoms. The molecule has 0 saturated carbocycles. The molecule has 3 aromatic rings. The first kappa shape index (κ1) is 23.8. The van der Waals surface area contributed by atoms with Gasteiger partial charge in [-0.05, 0) is 60.7 Å². The van der Waals surface area contributed by atoms with Gasteiger partial charge in [0.25, 0.3) is 5.91 Å². The van der Waals surface area contributed by atoms with Gasteiger partial charge in [0, 0.05) is 31.7 Å². The summed E-state index contributed by atoms with van der Waals surface area (Å²) in [7, 11) is -2.91. The number of primary amides is 1. The number of hydrogen-bond acceptors (Lipinski definition) is 6. The molecule has 0 atom stereocenters. The molecule has 1 aliphatic rings. The van der Waals surface area contributed by atoms with Crippen LogP contribution in [0.2, 0.25) is 0 Å². The molecule has 0 aliphatic carbocycles. The van der Waals surface area contributed by atoms with Gasteiger partial charge in [-0.15, -0.1) is 0 Å². The van der Waals surface area contributed by atoms with Crippen molar-refractivity contribution in [1.82, 2.24) is 10.2 Å². The van der Waals surface area contributed by atoms with Gasteiger partial charge in [0.15, 0.2) is 15.7 Å². The van der Waals surface area contributed by atoms with Crippen molar-refractivity contribution < 1.29 is 13.2 Å². The number of carbonyl (C=O) groups excluding carboxylic acids is 1. The quantitative estimate of drug-likeness (QED) is 0.477. The Labute approximate surface area is 200 Å². The average Bonchev–Trinajstić information content (AvgIpc) is 3.19. The predicted octanol–water partition coefficient (Wildman–Crippen LogP) is 2.87. The summed E-state index contributed by atoms with van der Waals surface area (Å²) in [4.78, 5) is 14.3. The lowest BCUT2D eigenvalue weighted by Gasteiger charge is -2.28. The highest BCUT2D eigenvalue weighted by Crippen LogP contribution is 2.23. The minimum atomic E-state index is -2.91. The molecule has 1 aromatic heterocycles. The van der Waals surface area contributed by atoms with E-state index in [4.69, 9.17) is 5.73 Å². The van der Waals surface area contributed by atoms with Gasteiger partial charge < -0.3 is 16.0 Å². The van der Waals surface area contributed by atoms with E-state index in [9.17, 15) is 13.2 Å². The number of H-pyrrole nitrogens is 1. The maximum Gasteiger partial charge on any atom is 0.254 e. The lowest BCUT2D eigenvalue weighted by Crippen LogP contribution is -2.40. The van der Waals surface area contributed by atoms with Crippen LogP contribution in [0.15, 0.2) is 36.4 Å². The minimum absolute atomic E-state index is 0.183. The number of aromatic amines is 1. The van der Waals surface area contributed by atoms with Crippen LogP contribution in [0.3, 0.4) is 0 Å². The van der Waals surface area contributed by atoms with Gasteiger partial charge in [-0.25, -0.2) is 8.42 Å². The van der Waals surface area contributed by atoms with Crippen LogP contribution in [0.25, 0.3) is 0 Å². The fourth-order valence-electron chi connectivity index (χ4n) is 4.31. The molecule has 4 rings (SSSR count). The van der Waals surface area contributed by atoms with Crippen LogP contribution in [0.4, 0.5) is 11.5 Å². The molecule has 0 bridgehead atoms. The highest BCUT2D eigenvalue weighted by atomic mass is 32.2. The van der Waals surface area contributed by atoms with Gasteiger partial charge in [0.2, 0.25) is 0 Å². The van der Waals surface area contributed by atoms with Gasteiger partial charge in [0.1, 0.15) is 5.56 Å². The topological polar surface area (TPSA) is 121 Å². The highest BCUT2D eigenvalue weighted by molar-refractivity contribution is 7.91. The zero-order valence-electron chi connectivity index (χ0n) is 19.8. The highest BCUT2D eigenvalue weighted by Gasteiger charge is 2.22. The van der Waals surface area contributed by atoms with Crippen molar-refractivity contribution in [2.75, 3.05) is 34.8 Å². The number of benzene rings is 2. The molecule has 2 heterocycles. The van der Waals surface area contributed by atoms with E-state index in [-0.39, 0.29) is 11.5 Å². The van der Waals surface area contributed by atoms with Crippen molar-refractivity contribution in [1.29, 1.82) is 0 Å². The predicted molar refractivity (Wildman–Crippen MR) is 135 cm³/mol. The number of nitrogens with two attached hydrogens (primary N) is 1. The van der Waals surface area contributed by atoms with E-state index in [1.54, 1.807) is 0 Å². The smallest absolute Gasteiger partial charge is 0.254 e. The molecule has 0 radical (unpaired) electrons. The Morgan fingerprint density at radius 1 is 1.06 bits per heavy atom. The van der Waals surface area contributed by atoms with E-state index < -0.39 is 15.7 Å². The lowest BCUT2D eigenvalue weighted by atomic mass is 10.0. The molecule has 180 valence electrons. The van der Waals surface area contributed by atoms with Crippen LogP contribution < -0.4 is 16.0 Å². The maximum absolute atomic E-state index is 12.2. The number of carbonyl (C=O) groups is 1. The fraction of sp³-hybridized carbons (Fsp3) is 0.360. The van der Waals surface area contributed by atoms with E-state index in [2.05, 4.69) is 53.3 Å². The van der Waals surface area contributed by atoms with E-state index >= 15 is 0 Å². The van der Waals surface area contributed by atoms with Crippen LogP contribution >= 0.6 is 0 Å². The van der Waals surface area contributed by atoms with Gasteiger partial charge >= 0.3 is 0 Å². The second kappa shape index (κ2) is 9.50. The number of amides is 1. The first-order valence-corrected chi connectivity index (χ1v) is 13.2. The molecular formula is C25H31N5O3S.